The summed E-state index contributed by atoms with van der Waals surface area (Å²) in [5, 5.41) is 20.9. The molecule has 1 aliphatic carbocycles. The number of piperidine rings is 1. The van der Waals surface area contributed by atoms with Crippen LogP contribution in [0.2, 0.25) is 0 Å². The lowest BCUT2D eigenvalue weighted by atomic mass is 10.00. The quantitative estimate of drug-likeness (QED) is 0.683. The van der Waals surface area contributed by atoms with Crippen molar-refractivity contribution in [3.05, 3.63) is 0 Å². The van der Waals surface area contributed by atoms with Crippen molar-refractivity contribution < 1.29 is 19.8 Å². The Morgan fingerprint density at radius 3 is 2.60 bits per heavy atom. The Morgan fingerprint density at radius 2 is 2.00 bits per heavy atom. The second-order valence-electron chi connectivity index (χ2n) is 5.85. The number of carboxylic acid groups (broad SMARTS) is 1. The van der Waals surface area contributed by atoms with Gasteiger partial charge in [-0.25, -0.2) is 4.79 Å². The number of urea groups is 1. The molecule has 1 heterocycles. The van der Waals surface area contributed by atoms with Crippen molar-refractivity contribution >= 4 is 12.0 Å². The summed E-state index contributed by atoms with van der Waals surface area (Å²) in [4.78, 5) is 25.0. The molecule has 0 bridgehead atoms. The smallest absolute Gasteiger partial charge is 0.317 e. The largest absolute Gasteiger partial charge is 0.481 e. The van der Waals surface area contributed by atoms with Gasteiger partial charge in [-0.15, -0.1) is 0 Å². The summed E-state index contributed by atoms with van der Waals surface area (Å²) in [6, 6.07) is -0.337. The van der Waals surface area contributed by atoms with Gasteiger partial charge in [0.1, 0.15) is 0 Å². The third-order valence-corrected chi connectivity index (χ3v) is 4.24. The van der Waals surface area contributed by atoms with Gasteiger partial charge < -0.3 is 20.4 Å². The maximum Gasteiger partial charge on any atom is 0.317 e. The highest BCUT2D eigenvalue weighted by Gasteiger charge is 2.35. The molecule has 6 heteroatoms. The highest BCUT2D eigenvalue weighted by Crippen LogP contribution is 2.34. The van der Waals surface area contributed by atoms with Crippen molar-refractivity contribution in [1.82, 2.24) is 10.2 Å². The van der Waals surface area contributed by atoms with Crippen molar-refractivity contribution in [3.63, 3.8) is 0 Å². The molecule has 0 aromatic heterocycles. The molecule has 114 valence electrons. The van der Waals surface area contributed by atoms with Crippen molar-refractivity contribution in [2.24, 2.45) is 5.92 Å². The van der Waals surface area contributed by atoms with Gasteiger partial charge in [0.25, 0.3) is 0 Å². The van der Waals surface area contributed by atoms with E-state index in [-0.39, 0.29) is 31.1 Å². The number of likely N-dealkylation sites (tertiary alicyclic amines) is 1. The molecule has 6 nitrogen and oxygen atoms in total. The maximum absolute atomic E-state index is 12.3. The van der Waals surface area contributed by atoms with Crippen LogP contribution in [0.1, 0.15) is 44.9 Å². The van der Waals surface area contributed by atoms with E-state index in [4.69, 9.17) is 10.2 Å². The van der Waals surface area contributed by atoms with Gasteiger partial charge in [0.2, 0.25) is 0 Å². The molecular formula is C14H24N2O4. The first-order valence-electron chi connectivity index (χ1n) is 7.51. The highest BCUT2D eigenvalue weighted by molar-refractivity contribution is 5.76. The van der Waals surface area contributed by atoms with Crippen LogP contribution in [0.25, 0.3) is 0 Å². The Bertz CT molecular complexity index is 355. The Balaban J connectivity index is 1.92. The second kappa shape index (κ2) is 6.92. The van der Waals surface area contributed by atoms with Crippen LogP contribution >= 0.6 is 0 Å². The molecule has 2 unspecified atom stereocenters. The number of carbonyl (C=O) groups excluding carboxylic acids is 1. The third kappa shape index (κ3) is 4.10. The number of nitrogens with one attached hydrogen (secondary N) is 1. The standard InChI is InChI=1S/C14H24N2O4/c17-8-6-11-3-1-2-7-16(11)14(20)15-12(9-13(18)19)10-4-5-10/h10-12,17H,1-9H2,(H,15,20)(H,18,19). The molecule has 20 heavy (non-hydrogen) atoms. The molecule has 2 aliphatic rings. The Kier molecular flexibility index (Phi) is 5.23. The van der Waals surface area contributed by atoms with Gasteiger partial charge in [0.05, 0.1) is 6.42 Å². The summed E-state index contributed by atoms with van der Waals surface area (Å²) < 4.78 is 0. The summed E-state index contributed by atoms with van der Waals surface area (Å²) in [6.07, 6.45) is 5.56. The molecule has 2 atom stereocenters. The fourth-order valence-corrected chi connectivity index (χ4v) is 2.98. The topological polar surface area (TPSA) is 89.9 Å². The van der Waals surface area contributed by atoms with Gasteiger partial charge in [-0.1, -0.05) is 0 Å². The first-order valence-corrected chi connectivity index (χ1v) is 7.51. The number of carboxylic acids is 1. The van der Waals surface area contributed by atoms with Crippen LogP contribution in [0, 0.1) is 5.92 Å². The molecule has 0 aromatic carbocycles. The van der Waals surface area contributed by atoms with E-state index >= 15 is 0 Å². The SMILES string of the molecule is O=C(O)CC(NC(=O)N1CCCCC1CCO)C1CC1. The average molecular weight is 284 g/mol. The van der Waals surface area contributed by atoms with Crippen LogP contribution in [0.5, 0.6) is 0 Å². The third-order valence-electron chi connectivity index (χ3n) is 4.24. The number of hydrogen-bond donors (Lipinski definition) is 3. The van der Waals surface area contributed by atoms with Crippen molar-refractivity contribution in [3.8, 4) is 0 Å². The zero-order valence-electron chi connectivity index (χ0n) is 11.8. The minimum atomic E-state index is -0.868. The monoisotopic (exact) mass is 284 g/mol. The van der Waals surface area contributed by atoms with E-state index in [9.17, 15) is 9.59 Å². The molecule has 0 radical (unpaired) electrons. The molecule has 1 saturated heterocycles. The fourth-order valence-electron chi connectivity index (χ4n) is 2.98. The predicted octanol–water partition coefficient (Wildman–Crippen LogP) is 1.19. The highest BCUT2D eigenvalue weighted by atomic mass is 16.4. The number of aliphatic hydroxyl groups is 1. The minimum absolute atomic E-state index is 0.00505. The number of carbonyl (C=O) groups is 2. The number of aliphatic hydroxyl groups excluding tert-OH is 1. The van der Waals surface area contributed by atoms with Gasteiger partial charge in [-0.05, 0) is 44.4 Å². The summed E-state index contributed by atoms with van der Waals surface area (Å²) in [5.74, 6) is -0.552. The summed E-state index contributed by atoms with van der Waals surface area (Å²) in [5.41, 5.74) is 0. The summed E-state index contributed by atoms with van der Waals surface area (Å²) >= 11 is 0. The second-order valence-corrected chi connectivity index (χ2v) is 5.85. The van der Waals surface area contributed by atoms with E-state index in [0.29, 0.717) is 18.9 Å². The number of nitrogens with zero attached hydrogens (tertiary/aromatic N) is 1. The van der Waals surface area contributed by atoms with Gasteiger partial charge in [-0.2, -0.15) is 0 Å². The fraction of sp³-hybridized carbons (Fsp3) is 0.857. The zero-order valence-corrected chi connectivity index (χ0v) is 11.8. The van der Waals surface area contributed by atoms with Gasteiger partial charge in [-0.3, -0.25) is 4.79 Å². The van der Waals surface area contributed by atoms with E-state index in [1.807, 2.05) is 0 Å². The molecule has 3 N–H and O–H groups in total. The Morgan fingerprint density at radius 1 is 1.25 bits per heavy atom. The maximum atomic E-state index is 12.3. The molecule has 2 rings (SSSR count). The van der Waals surface area contributed by atoms with E-state index in [2.05, 4.69) is 5.32 Å². The minimum Gasteiger partial charge on any atom is -0.481 e. The first-order chi connectivity index (χ1) is 9.61. The van der Waals surface area contributed by atoms with Crippen LogP contribution in [-0.2, 0) is 4.79 Å². The van der Waals surface area contributed by atoms with E-state index < -0.39 is 5.97 Å². The molecule has 2 amide bonds. The van der Waals surface area contributed by atoms with Crippen LogP contribution in [-0.4, -0.2) is 52.3 Å². The molecule has 1 aliphatic heterocycles. The summed E-state index contributed by atoms with van der Waals surface area (Å²) in [6.45, 7) is 0.774. The number of aliphatic carboxylic acids is 1. The summed E-state index contributed by atoms with van der Waals surface area (Å²) in [7, 11) is 0. The van der Waals surface area contributed by atoms with Crippen LogP contribution in [0.15, 0.2) is 0 Å². The molecule has 0 spiro atoms. The number of amides is 2. The average Bonchev–Trinajstić information content (AvgIpc) is 3.22. The van der Waals surface area contributed by atoms with Crippen molar-refractivity contribution in [2.75, 3.05) is 13.2 Å². The van der Waals surface area contributed by atoms with Crippen molar-refractivity contribution in [2.45, 2.75) is 57.0 Å². The lowest BCUT2D eigenvalue weighted by molar-refractivity contribution is -0.137. The van der Waals surface area contributed by atoms with Gasteiger partial charge in [0, 0.05) is 25.2 Å². The lowest BCUT2D eigenvalue weighted by Gasteiger charge is -2.36. The lowest BCUT2D eigenvalue weighted by Crippen LogP contribution is -2.52. The normalized spacial score (nSPS) is 24.2. The molecular weight excluding hydrogens is 260 g/mol. The van der Waals surface area contributed by atoms with Gasteiger partial charge in [0.15, 0.2) is 0 Å². The van der Waals surface area contributed by atoms with Crippen LogP contribution < -0.4 is 5.32 Å². The number of hydrogen-bond acceptors (Lipinski definition) is 3. The van der Waals surface area contributed by atoms with Crippen LogP contribution in [0.4, 0.5) is 4.79 Å². The molecule has 0 aromatic rings. The van der Waals surface area contributed by atoms with E-state index in [0.717, 1.165) is 32.1 Å². The Labute approximate surface area is 119 Å². The van der Waals surface area contributed by atoms with Gasteiger partial charge >= 0.3 is 12.0 Å². The van der Waals surface area contributed by atoms with E-state index in [1.165, 1.54) is 0 Å². The zero-order chi connectivity index (χ0) is 14.5. The first kappa shape index (κ1) is 15.1. The van der Waals surface area contributed by atoms with E-state index in [1.54, 1.807) is 4.90 Å². The van der Waals surface area contributed by atoms with Crippen LogP contribution in [0.3, 0.4) is 0 Å². The predicted molar refractivity (Wildman–Crippen MR) is 73.3 cm³/mol. The van der Waals surface area contributed by atoms with Crippen molar-refractivity contribution in [1.29, 1.82) is 0 Å². The Hall–Kier alpha value is -1.30. The molecule has 2 fully saturated rings. The molecule has 1 saturated carbocycles. The number of rotatable bonds is 6.